The molecule has 0 saturated heterocycles. The molecule has 0 aliphatic carbocycles. The lowest BCUT2D eigenvalue weighted by Crippen LogP contribution is -2.27. The first-order valence-electron chi connectivity index (χ1n) is 7.32. The van der Waals surface area contributed by atoms with Gasteiger partial charge in [0.05, 0.1) is 19.8 Å². The van der Waals surface area contributed by atoms with E-state index in [-0.39, 0.29) is 6.10 Å². The molecule has 0 amide bonds. The number of nitrogens with zero attached hydrogens (tertiary/aromatic N) is 1. The van der Waals surface area contributed by atoms with E-state index in [4.69, 9.17) is 9.47 Å². The number of fused-ring (bicyclic) bond motifs is 1. The highest BCUT2D eigenvalue weighted by molar-refractivity contribution is 5.57. The molecule has 3 rings (SSSR count). The lowest BCUT2D eigenvalue weighted by molar-refractivity contribution is 0.0560. The van der Waals surface area contributed by atoms with Gasteiger partial charge in [-0.2, -0.15) is 0 Å². The van der Waals surface area contributed by atoms with Crippen molar-refractivity contribution < 1.29 is 9.47 Å². The molecule has 110 valence electrons. The monoisotopic (exact) mass is 283 g/mol. The number of anilines is 1. The van der Waals surface area contributed by atoms with Crippen molar-refractivity contribution in [3.05, 3.63) is 59.7 Å². The van der Waals surface area contributed by atoms with Crippen LogP contribution in [0, 0.1) is 0 Å². The van der Waals surface area contributed by atoms with Gasteiger partial charge < -0.3 is 14.4 Å². The first-order valence-corrected chi connectivity index (χ1v) is 7.32. The van der Waals surface area contributed by atoms with Gasteiger partial charge in [0.15, 0.2) is 0 Å². The second-order valence-corrected chi connectivity index (χ2v) is 5.39. The summed E-state index contributed by atoms with van der Waals surface area (Å²) in [7, 11) is 3.81. The second-order valence-electron chi connectivity index (χ2n) is 5.39. The van der Waals surface area contributed by atoms with Crippen molar-refractivity contribution in [2.45, 2.75) is 12.5 Å². The van der Waals surface area contributed by atoms with Crippen LogP contribution in [0.3, 0.4) is 0 Å². The molecule has 0 spiro atoms. The first-order chi connectivity index (χ1) is 10.3. The summed E-state index contributed by atoms with van der Waals surface area (Å²) in [5.41, 5.74) is 3.77. The van der Waals surface area contributed by atoms with Gasteiger partial charge in [-0.25, -0.2) is 0 Å². The van der Waals surface area contributed by atoms with Crippen LogP contribution in [0.4, 0.5) is 5.69 Å². The predicted octanol–water partition coefficient (Wildman–Crippen LogP) is 3.45. The highest BCUT2D eigenvalue weighted by Gasteiger charge is 2.20. The van der Waals surface area contributed by atoms with E-state index in [0.717, 1.165) is 25.3 Å². The number of ether oxygens (including phenoxy) is 2. The average molecular weight is 283 g/mol. The Bertz CT molecular complexity index is 597. The van der Waals surface area contributed by atoms with Crippen LogP contribution in [0.5, 0.6) is 5.75 Å². The third-order valence-electron chi connectivity index (χ3n) is 4.03. The summed E-state index contributed by atoms with van der Waals surface area (Å²) in [6, 6.07) is 16.7. The number of likely N-dealkylation sites (N-methyl/N-ethyl adjacent to an activating group) is 1. The zero-order valence-electron chi connectivity index (χ0n) is 12.6. The van der Waals surface area contributed by atoms with E-state index in [9.17, 15) is 0 Å². The van der Waals surface area contributed by atoms with Gasteiger partial charge in [-0.15, -0.1) is 0 Å². The number of hydrogen-bond acceptors (Lipinski definition) is 3. The van der Waals surface area contributed by atoms with E-state index in [1.807, 2.05) is 12.1 Å². The molecule has 3 heteroatoms. The molecule has 1 heterocycles. The summed E-state index contributed by atoms with van der Waals surface area (Å²) in [5, 5.41) is 0. The smallest absolute Gasteiger partial charge is 0.120 e. The van der Waals surface area contributed by atoms with Crippen LogP contribution in [-0.2, 0) is 11.2 Å². The molecule has 2 aromatic carbocycles. The Balaban J connectivity index is 1.94. The van der Waals surface area contributed by atoms with E-state index in [0.29, 0.717) is 0 Å². The summed E-state index contributed by atoms with van der Waals surface area (Å²) in [5.74, 6) is 0.901. The normalized spacial score (nSPS) is 18.6. The Morgan fingerprint density at radius 1 is 1.14 bits per heavy atom. The summed E-state index contributed by atoms with van der Waals surface area (Å²) in [6.07, 6.45) is 1.00. The van der Waals surface area contributed by atoms with Crippen LogP contribution < -0.4 is 9.64 Å². The Labute approximate surface area is 126 Å². The molecular weight excluding hydrogens is 262 g/mol. The maximum atomic E-state index is 6.08. The minimum absolute atomic E-state index is 0.118. The number of rotatable bonds is 2. The van der Waals surface area contributed by atoms with Crippen LogP contribution in [0.1, 0.15) is 17.2 Å². The predicted molar refractivity (Wildman–Crippen MR) is 85.1 cm³/mol. The summed E-state index contributed by atoms with van der Waals surface area (Å²) in [6.45, 7) is 1.61. The molecular formula is C18H21NO2. The second kappa shape index (κ2) is 6.19. The van der Waals surface area contributed by atoms with Crippen molar-refractivity contribution in [1.82, 2.24) is 0 Å². The largest absolute Gasteiger partial charge is 0.497 e. The van der Waals surface area contributed by atoms with Crippen LogP contribution >= 0.6 is 0 Å². The molecule has 1 unspecified atom stereocenters. The number of methoxy groups -OCH3 is 1. The molecule has 0 bridgehead atoms. The van der Waals surface area contributed by atoms with Crippen LogP contribution in [0.15, 0.2) is 48.5 Å². The van der Waals surface area contributed by atoms with Crippen molar-refractivity contribution in [3.63, 3.8) is 0 Å². The molecule has 0 radical (unpaired) electrons. The molecule has 0 fully saturated rings. The quantitative estimate of drug-likeness (QED) is 0.842. The highest BCUT2D eigenvalue weighted by Crippen LogP contribution is 2.32. The molecule has 0 saturated carbocycles. The molecule has 21 heavy (non-hydrogen) atoms. The van der Waals surface area contributed by atoms with Gasteiger partial charge in [0, 0.05) is 31.8 Å². The minimum atomic E-state index is 0.118. The maximum absolute atomic E-state index is 6.08. The van der Waals surface area contributed by atoms with E-state index in [1.54, 1.807) is 7.11 Å². The van der Waals surface area contributed by atoms with Gasteiger partial charge in [0.1, 0.15) is 5.75 Å². The van der Waals surface area contributed by atoms with Crippen molar-refractivity contribution >= 4 is 5.69 Å². The average Bonchev–Trinajstić information content (AvgIpc) is 2.53. The van der Waals surface area contributed by atoms with E-state index < -0.39 is 0 Å². The Morgan fingerprint density at radius 2 is 1.95 bits per heavy atom. The third kappa shape index (κ3) is 3.03. The highest BCUT2D eigenvalue weighted by atomic mass is 16.5. The van der Waals surface area contributed by atoms with Gasteiger partial charge in [-0.05, 0) is 17.2 Å². The summed E-state index contributed by atoms with van der Waals surface area (Å²) in [4.78, 5) is 2.24. The topological polar surface area (TPSA) is 21.7 Å². The van der Waals surface area contributed by atoms with Crippen molar-refractivity contribution in [3.8, 4) is 5.75 Å². The zero-order chi connectivity index (χ0) is 14.7. The molecule has 1 aliphatic rings. The van der Waals surface area contributed by atoms with Gasteiger partial charge >= 0.3 is 0 Å². The Kier molecular flexibility index (Phi) is 4.11. The summed E-state index contributed by atoms with van der Waals surface area (Å²) >= 11 is 0. The molecule has 0 aromatic heterocycles. The fourth-order valence-corrected chi connectivity index (χ4v) is 2.79. The molecule has 1 aliphatic heterocycles. The zero-order valence-corrected chi connectivity index (χ0v) is 12.6. The standard InChI is InChI=1S/C18H21NO2/c1-19-10-11-21-18(14-6-4-3-5-7-14)12-15-8-9-16(20-2)13-17(15)19/h3-9,13,18H,10-12H2,1-2H3. The third-order valence-corrected chi connectivity index (χ3v) is 4.03. The Hall–Kier alpha value is -2.00. The minimum Gasteiger partial charge on any atom is -0.497 e. The lowest BCUT2D eigenvalue weighted by Gasteiger charge is -2.29. The van der Waals surface area contributed by atoms with E-state index >= 15 is 0 Å². The Morgan fingerprint density at radius 3 is 2.71 bits per heavy atom. The van der Waals surface area contributed by atoms with Crippen LogP contribution in [-0.4, -0.2) is 27.3 Å². The maximum Gasteiger partial charge on any atom is 0.120 e. The molecule has 2 aromatic rings. The fraction of sp³-hybridized carbons (Fsp3) is 0.333. The van der Waals surface area contributed by atoms with Crippen molar-refractivity contribution in [2.75, 3.05) is 32.2 Å². The molecule has 0 N–H and O–H groups in total. The van der Waals surface area contributed by atoms with Gasteiger partial charge in [-0.3, -0.25) is 0 Å². The van der Waals surface area contributed by atoms with Crippen molar-refractivity contribution in [2.24, 2.45) is 0 Å². The lowest BCUT2D eigenvalue weighted by atomic mass is 9.98. The summed E-state index contributed by atoms with van der Waals surface area (Å²) < 4.78 is 11.4. The molecule has 1 atom stereocenters. The number of benzene rings is 2. The first kappa shape index (κ1) is 14.0. The van der Waals surface area contributed by atoms with Crippen LogP contribution in [0.25, 0.3) is 0 Å². The van der Waals surface area contributed by atoms with Crippen molar-refractivity contribution in [1.29, 1.82) is 0 Å². The van der Waals surface area contributed by atoms with Gasteiger partial charge in [0.25, 0.3) is 0 Å². The van der Waals surface area contributed by atoms with E-state index in [1.165, 1.54) is 16.8 Å². The number of hydrogen-bond donors (Lipinski definition) is 0. The SMILES string of the molecule is COc1ccc2c(c1)N(C)CCOC(c1ccccc1)C2. The van der Waals surface area contributed by atoms with Gasteiger partial charge in [0.2, 0.25) is 0 Å². The fourth-order valence-electron chi connectivity index (χ4n) is 2.79. The van der Waals surface area contributed by atoms with Crippen LogP contribution in [0.2, 0.25) is 0 Å². The van der Waals surface area contributed by atoms with E-state index in [2.05, 4.69) is 48.3 Å². The molecule has 3 nitrogen and oxygen atoms in total. The van der Waals surface area contributed by atoms with Gasteiger partial charge in [-0.1, -0.05) is 36.4 Å².